The van der Waals surface area contributed by atoms with Crippen LogP contribution in [0.5, 0.6) is 0 Å². The molecular formula is C29H35FN2O4. The van der Waals surface area contributed by atoms with Gasteiger partial charge < -0.3 is 19.6 Å². The number of benzene rings is 2. The zero-order valence-electron chi connectivity index (χ0n) is 21.2. The quantitative estimate of drug-likeness (QED) is 0.530. The van der Waals surface area contributed by atoms with Crippen LogP contribution in [0.3, 0.4) is 0 Å². The van der Waals surface area contributed by atoms with Gasteiger partial charge in [0.2, 0.25) is 5.91 Å². The molecule has 0 bridgehead atoms. The van der Waals surface area contributed by atoms with Crippen LogP contribution in [0, 0.1) is 11.8 Å². The van der Waals surface area contributed by atoms with E-state index < -0.39 is 29.2 Å². The topological polar surface area (TPSA) is 70.1 Å². The van der Waals surface area contributed by atoms with Gasteiger partial charge in [-0.3, -0.25) is 9.59 Å². The monoisotopic (exact) mass is 494 g/mol. The number of carbonyl (C=O) groups is 2. The normalized spacial score (nSPS) is 25.3. The summed E-state index contributed by atoms with van der Waals surface area (Å²) in [6.45, 7) is 9.19. The first kappa shape index (κ1) is 26.0. The van der Waals surface area contributed by atoms with E-state index in [1.807, 2.05) is 61.5 Å². The number of nitrogens with zero attached hydrogens (tertiary/aromatic N) is 2. The van der Waals surface area contributed by atoms with Crippen molar-refractivity contribution in [2.75, 3.05) is 24.6 Å². The van der Waals surface area contributed by atoms with Gasteiger partial charge in [-0.25, -0.2) is 4.39 Å². The van der Waals surface area contributed by atoms with E-state index in [9.17, 15) is 14.7 Å². The Hall–Kier alpha value is -3.03. The summed E-state index contributed by atoms with van der Waals surface area (Å²) < 4.78 is 22.3. The van der Waals surface area contributed by atoms with Gasteiger partial charge >= 0.3 is 0 Å². The minimum Gasteiger partial charge on any atom is -0.395 e. The van der Waals surface area contributed by atoms with E-state index in [0.717, 1.165) is 11.3 Å². The van der Waals surface area contributed by atoms with Crippen molar-refractivity contribution in [2.24, 2.45) is 11.8 Å². The molecule has 36 heavy (non-hydrogen) atoms. The Morgan fingerprint density at radius 3 is 2.53 bits per heavy atom. The maximum atomic E-state index is 15.7. The van der Waals surface area contributed by atoms with Crippen LogP contribution in [0.25, 0.3) is 0 Å². The van der Waals surface area contributed by atoms with Crippen LogP contribution in [0.1, 0.15) is 38.3 Å². The fourth-order valence-corrected chi connectivity index (χ4v) is 6.03. The van der Waals surface area contributed by atoms with Crippen LogP contribution in [-0.2, 0) is 26.5 Å². The molecule has 0 saturated carbocycles. The summed E-state index contributed by atoms with van der Waals surface area (Å²) in [4.78, 5) is 30.5. The summed E-state index contributed by atoms with van der Waals surface area (Å²) in [7, 11) is 0. The van der Waals surface area contributed by atoms with Crippen LogP contribution in [0.2, 0.25) is 0 Å². The molecule has 1 N–H and O–H groups in total. The van der Waals surface area contributed by atoms with Gasteiger partial charge in [0.05, 0.1) is 24.8 Å². The Kier molecular flexibility index (Phi) is 7.34. The first-order chi connectivity index (χ1) is 17.1. The third kappa shape index (κ3) is 4.46. The van der Waals surface area contributed by atoms with Gasteiger partial charge in [0, 0.05) is 37.0 Å². The number of anilines is 1. The molecule has 4 rings (SSSR count). The second-order valence-corrected chi connectivity index (χ2v) is 10.2. The highest BCUT2D eigenvalue weighted by Gasteiger charge is 2.66. The number of hydrogen-bond acceptors (Lipinski definition) is 4. The molecule has 2 aliphatic rings. The lowest BCUT2D eigenvalue weighted by Gasteiger charge is -2.32. The highest BCUT2D eigenvalue weighted by molar-refractivity contribution is 6.07. The van der Waals surface area contributed by atoms with E-state index in [4.69, 9.17) is 4.74 Å². The first-order valence-corrected chi connectivity index (χ1v) is 12.5. The number of ether oxygens (including phenoxy) is 1. The number of alkyl halides is 1. The largest absolute Gasteiger partial charge is 0.395 e. The molecule has 6 nitrogen and oxygen atoms in total. The van der Waals surface area contributed by atoms with Crippen molar-refractivity contribution in [1.29, 1.82) is 0 Å². The Balaban J connectivity index is 1.68. The van der Waals surface area contributed by atoms with Gasteiger partial charge in [0.15, 0.2) is 5.60 Å². The number of aliphatic hydroxyl groups excluding tert-OH is 1. The molecule has 2 aromatic rings. The van der Waals surface area contributed by atoms with Crippen LogP contribution in [-0.4, -0.2) is 53.3 Å². The molecule has 2 heterocycles. The van der Waals surface area contributed by atoms with Crippen molar-refractivity contribution in [2.45, 2.75) is 51.1 Å². The summed E-state index contributed by atoms with van der Waals surface area (Å²) in [5.74, 6) is -1.72. The average Bonchev–Trinajstić information content (AvgIpc) is 3.26. The highest BCUT2D eigenvalue weighted by Crippen LogP contribution is 2.58. The third-order valence-electron chi connectivity index (χ3n) is 7.49. The third-order valence-corrected chi connectivity index (χ3v) is 7.49. The predicted octanol–water partition coefficient (Wildman–Crippen LogP) is 4.22. The maximum Gasteiger partial charge on any atom is 0.264 e. The molecule has 0 aromatic heterocycles. The Bertz CT molecular complexity index is 1120. The molecule has 1 spiro atoms. The van der Waals surface area contributed by atoms with Gasteiger partial charge in [-0.2, -0.15) is 0 Å². The van der Waals surface area contributed by atoms with E-state index in [1.165, 1.54) is 13.8 Å². The van der Waals surface area contributed by atoms with Crippen molar-refractivity contribution in [3.05, 3.63) is 78.4 Å². The van der Waals surface area contributed by atoms with Crippen LogP contribution in [0.15, 0.2) is 67.3 Å². The van der Waals surface area contributed by atoms with Crippen molar-refractivity contribution >= 4 is 17.5 Å². The number of carbonyl (C=O) groups excluding carboxylic acids is 2. The van der Waals surface area contributed by atoms with Gasteiger partial charge in [0.1, 0.15) is 5.67 Å². The van der Waals surface area contributed by atoms with Gasteiger partial charge in [-0.15, -0.1) is 6.58 Å². The number of para-hydroxylation sites is 1. The van der Waals surface area contributed by atoms with E-state index >= 15 is 4.39 Å². The summed E-state index contributed by atoms with van der Waals surface area (Å²) >= 11 is 0. The summed E-state index contributed by atoms with van der Waals surface area (Å²) in [6.07, 6.45) is 0.750. The Morgan fingerprint density at radius 1 is 1.22 bits per heavy atom. The van der Waals surface area contributed by atoms with E-state index in [-0.39, 0.29) is 31.4 Å². The molecular weight excluding hydrogens is 459 g/mol. The van der Waals surface area contributed by atoms with Crippen LogP contribution >= 0.6 is 0 Å². The SMILES string of the molecule is C=CCN1C(=O)[C@@]2(O[C@@H](CC(=O)N(CCO)Cc3ccccc3)[C@H](C(C)(C)F)[C@H]2C)c2ccccc21. The molecule has 1 fully saturated rings. The molecule has 2 aromatic carbocycles. The van der Waals surface area contributed by atoms with E-state index in [1.54, 1.807) is 15.9 Å². The number of halogens is 1. The number of aliphatic hydroxyl groups is 1. The number of rotatable bonds is 9. The fourth-order valence-electron chi connectivity index (χ4n) is 6.03. The fraction of sp³-hybridized carbons (Fsp3) is 0.448. The van der Waals surface area contributed by atoms with E-state index in [2.05, 4.69) is 6.58 Å². The summed E-state index contributed by atoms with van der Waals surface area (Å²) in [5.41, 5.74) is -0.720. The van der Waals surface area contributed by atoms with Gasteiger partial charge in [-0.05, 0) is 25.5 Å². The molecule has 0 unspecified atom stereocenters. The number of fused-ring (bicyclic) bond motifs is 2. The average molecular weight is 495 g/mol. The summed E-state index contributed by atoms with van der Waals surface area (Å²) in [6, 6.07) is 16.9. The zero-order valence-corrected chi connectivity index (χ0v) is 21.2. The van der Waals surface area contributed by atoms with Crippen molar-refractivity contribution in [3.63, 3.8) is 0 Å². The van der Waals surface area contributed by atoms with Crippen LogP contribution < -0.4 is 4.90 Å². The standard InChI is InChI=1S/C29H35FN2O4/c1-5-15-32-23-14-10-9-13-22(23)29(27(32)35)20(2)26(28(3,4)30)24(36-29)18-25(34)31(16-17-33)19-21-11-7-6-8-12-21/h5-14,20,24,26,33H,1,15-19H2,2-4H3/t20-,24+,26-,29+/m1/s1. The van der Waals surface area contributed by atoms with Crippen molar-refractivity contribution in [1.82, 2.24) is 4.90 Å². The minimum absolute atomic E-state index is 0.0894. The summed E-state index contributed by atoms with van der Waals surface area (Å²) in [5, 5.41) is 9.60. The Labute approximate surface area is 212 Å². The molecule has 0 radical (unpaired) electrons. The molecule has 1 saturated heterocycles. The maximum absolute atomic E-state index is 15.7. The molecule has 4 atom stereocenters. The second-order valence-electron chi connectivity index (χ2n) is 10.2. The van der Waals surface area contributed by atoms with Crippen molar-refractivity contribution in [3.8, 4) is 0 Å². The zero-order chi connectivity index (χ0) is 26.1. The lowest BCUT2D eigenvalue weighted by Crippen LogP contribution is -2.45. The number of amides is 2. The molecule has 2 aliphatic heterocycles. The lowest BCUT2D eigenvalue weighted by molar-refractivity contribution is -0.150. The van der Waals surface area contributed by atoms with Gasteiger partial charge in [0.25, 0.3) is 5.91 Å². The smallest absolute Gasteiger partial charge is 0.264 e. The van der Waals surface area contributed by atoms with Crippen LogP contribution in [0.4, 0.5) is 10.1 Å². The first-order valence-electron chi connectivity index (χ1n) is 12.5. The Morgan fingerprint density at radius 2 is 1.89 bits per heavy atom. The highest BCUT2D eigenvalue weighted by atomic mass is 19.1. The number of hydrogen-bond donors (Lipinski definition) is 1. The molecule has 192 valence electrons. The predicted molar refractivity (Wildman–Crippen MR) is 137 cm³/mol. The second kappa shape index (κ2) is 10.1. The minimum atomic E-state index is -1.70. The van der Waals surface area contributed by atoms with E-state index in [0.29, 0.717) is 18.7 Å². The molecule has 0 aliphatic carbocycles. The molecule has 2 amide bonds. The molecule has 7 heteroatoms. The lowest BCUT2D eigenvalue weighted by atomic mass is 9.71. The van der Waals surface area contributed by atoms with Gasteiger partial charge in [-0.1, -0.05) is 61.5 Å². The van der Waals surface area contributed by atoms with Crippen molar-refractivity contribution < 1.29 is 23.8 Å².